The van der Waals surface area contributed by atoms with E-state index in [1.54, 1.807) is 25.6 Å². The van der Waals surface area contributed by atoms with Gasteiger partial charge in [-0.05, 0) is 41.4 Å². The van der Waals surface area contributed by atoms with Gasteiger partial charge in [0.1, 0.15) is 11.5 Å². The molecule has 3 nitrogen and oxygen atoms in total. The molecular formula is C14H17NO2S. The Morgan fingerprint density at radius 1 is 1.17 bits per heavy atom. The van der Waals surface area contributed by atoms with Gasteiger partial charge in [-0.3, -0.25) is 0 Å². The molecule has 2 aromatic rings. The van der Waals surface area contributed by atoms with Crippen LogP contribution in [0, 0.1) is 0 Å². The standard InChI is InChI=1S/C14H17NO2S/c1-10(11-6-7-18-9-11)15-13-5-4-12(16-2)8-14(13)17-3/h4-10,15H,1-3H3. The summed E-state index contributed by atoms with van der Waals surface area (Å²) in [5, 5.41) is 7.67. The Morgan fingerprint density at radius 3 is 2.61 bits per heavy atom. The summed E-state index contributed by atoms with van der Waals surface area (Å²) < 4.78 is 10.5. The van der Waals surface area contributed by atoms with Gasteiger partial charge >= 0.3 is 0 Å². The quantitative estimate of drug-likeness (QED) is 0.886. The highest BCUT2D eigenvalue weighted by atomic mass is 32.1. The van der Waals surface area contributed by atoms with Crippen LogP contribution >= 0.6 is 11.3 Å². The Hall–Kier alpha value is -1.68. The SMILES string of the molecule is COc1ccc(NC(C)c2ccsc2)c(OC)c1. The van der Waals surface area contributed by atoms with Crippen LogP contribution in [0.25, 0.3) is 0 Å². The van der Waals surface area contributed by atoms with Crippen molar-refractivity contribution in [3.05, 3.63) is 40.6 Å². The molecule has 1 aromatic heterocycles. The number of thiophene rings is 1. The Balaban J connectivity index is 2.18. The second-order valence-corrected chi connectivity index (χ2v) is 4.77. The molecule has 4 heteroatoms. The summed E-state index contributed by atoms with van der Waals surface area (Å²) in [7, 11) is 3.31. The van der Waals surface area contributed by atoms with Crippen LogP contribution in [0.15, 0.2) is 35.0 Å². The molecule has 0 radical (unpaired) electrons. The van der Waals surface area contributed by atoms with Crippen LogP contribution in [0.2, 0.25) is 0 Å². The Labute approximate surface area is 111 Å². The van der Waals surface area contributed by atoms with Crippen molar-refractivity contribution in [2.45, 2.75) is 13.0 Å². The van der Waals surface area contributed by atoms with Gasteiger partial charge in [-0.1, -0.05) is 0 Å². The molecule has 1 heterocycles. The van der Waals surface area contributed by atoms with Crippen molar-refractivity contribution >= 4 is 17.0 Å². The van der Waals surface area contributed by atoms with E-state index in [4.69, 9.17) is 9.47 Å². The largest absolute Gasteiger partial charge is 0.497 e. The average molecular weight is 263 g/mol. The van der Waals surface area contributed by atoms with Crippen molar-refractivity contribution in [1.29, 1.82) is 0 Å². The minimum atomic E-state index is 0.249. The van der Waals surface area contributed by atoms with Gasteiger partial charge in [0.25, 0.3) is 0 Å². The van der Waals surface area contributed by atoms with Crippen LogP contribution in [0.1, 0.15) is 18.5 Å². The molecule has 1 N–H and O–H groups in total. The molecule has 1 unspecified atom stereocenters. The molecule has 0 bridgehead atoms. The van der Waals surface area contributed by atoms with E-state index in [-0.39, 0.29) is 6.04 Å². The van der Waals surface area contributed by atoms with Crippen LogP contribution in [0.5, 0.6) is 11.5 Å². The fourth-order valence-electron chi connectivity index (χ4n) is 1.76. The maximum Gasteiger partial charge on any atom is 0.145 e. The van der Waals surface area contributed by atoms with Gasteiger partial charge in [0.15, 0.2) is 0 Å². The van der Waals surface area contributed by atoms with Crippen LogP contribution in [-0.4, -0.2) is 14.2 Å². The highest BCUT2D eigenvalue weighted by Gasteiger charge is 2.10. The molecular weight excluding hydrogens is 246 g/mol. The molecule has 18 heavy (non-hydrogen) atoms. The highest BCUT2D eigenvalue weighted by Crippen LogP contribution is 2.32. The number of benzene rings is 1. The van der Waals surface area contributed by atoms with Gasteiger partial charge in [-0.15, -0.1) is 0 Å². The van der Waals surface area contributed by atoms with Gasteiger partial charge in [0.2, 0.25) is 0 Å². The Bertz CT molecular complexity index is 497. The molecule has 96 valence electrons. The molecule has 1 aromatic carbocycles. The van der Waals surface area contributed by atoms with Gasteiger partial charge in [-0.2, -0.15) is 11.3 Å². The van der Waals surface area contributed by atoms with E-state index in [0.717, 1.165) is 17.2 Å². The van der Waals surface area contributed by atoms with Crippen molar-refractivity contribution < 1.29 is 9.47 Å². The fourth-order valence-corrected chi connectivity index (χ4v) is 2.51. The Kier molecular flexibility index (Phi) is 4.10. The minimum Gasteiger partial charge on any atom is -0.497 e. The van der Waals surface area contributed by atoms with Crippen molar-refractivity contribution in [1.82, 2.24) is 0 Å². The van der Waals surface area contributed by atoms with E-state index >= 15 is 0 Å². The summed E-state index contributed by atoms with van der Waals surface area (Å²) in [6.45, 7) is 2.13. The second-order valence-electron chi connectivity index (χ2n) is 3.99. The number of hydrogen-bond acceptors (Lipinski definition) is 4. The molecule has 0 spiro atoms. The van der Waals surface area contributed by atoms with E-state index in [1.807, 2.05) is 18.2 Å². The first-order chi connectivity index (χ1) is 8.74. The first-order valence-electron chi connectivity index (χ1n) is 5.75. The Morgan fingerprint density at radius 2 is 2.00 bits per heavy atom. The van der Waals surface area contributed by atoms with Crippen LogP contribution < -0.4 is 14.8 Å². The molecule has 2 rings (SSSR count). The molecule has 0 amide bonds. The topological polar surface area (TPSA) is 30.5 Å². The number of rotatable bonds is 5. The summed E-state index contributed by atoms with van der Waals surface area (Å²) in [4.78, 5) is 0. The fraction of sp³-hybridized carbons (Fsp3) is 0.286. The van der Waals surface area contributed by atoms with E-state index < -0.39 is 0 Å². The predicted octanol–water partition coefficient (Wildman–Crippen LogP) is 3.94. The molecule has 0 fully saturated rings. The molecule has 0 aliphatic carbocycles. The van der Waals surface area contributed by atoms with Crippen molar-refractivity contribution in [3.63, 3.8) is 0 Å². The number of hydrogen-bond donors (Lipinski definition) is 1. The summed E-state index contributed by atoms with van der Waals surface area (Å²) in [6, 6.07) is 8.14. The maximum absolute atomic E-state index is 5.37. The summed E-state index contributed by atoms with van der Waals surface area (Å²) in [6.07, 6.45) is 0. The summed E-state index contributed by atoms with van der Waals surface area (Å²) in [5.41, 5.74) is 2.25. The highest BCUT2D eigenvalue weighted by molar-refractivity contribution is 7.07. The normalized spacial score (nSPS) is 11.9. The van der Waals surface area contributed by atoms with Gasteiger partial charge in [0.05, 0.1) is 19.9 Å². The van der Waals surface area contributed by atoms with E-state index in [1.165, 1.54) is 5.56 Å². The lowest BCUT2D eigenvalue weighted by atomic mass is 10.1. The van der Waals surface area contributed by atoms with E-state index in [9.17, 15) is 0 Å². The lowest BCUT2D eigenvalue weighted by molar-refractivity contribution is 0.395. The average Bonchev–Trinajstić information content (AvgIpc) is 2.93. The molecule has 0 saturated heterocycles. The van der Waals surface area contributed by atoms with Crippen molar-refractivity contribution in [2.24, 2.45) is 0 Å². The van der Waals surface area contributed by atoms with Crippen LogP contribution in [0.3, 0.4) is 0 Å². The number of ether oxygens (including phenoxy) is 2. The van der Waals surface area contributed by atoms with Gasteiger partial charge in [0, 0.05) is 12.1 Å². The number of anilines is 1. The first-order valence-corrected chi connectivity index (χ1v) is 6.69. The lowest BCUT2D eigenvalue weighted by Gasteiger charge is -2.17. The second kappa shape index (κ2) is 5.78. The summed E-state index contributed by atoms with van der Waals surface area (Å²) >= 11 is 1.70. The number of nitrogens with one attached hydrogen (secondary N) is 1. The summed E-state index contributed by atoms with van der Waals surface area (Å²) in [5.74, 6) is 1.58. The lowest BCUT2D eigenvalue weighted by Crippen LogP contribution is -2.06. The molecule has 0 aliphatic heterocycles. The zero-order valence-corrected chi connectivity index (χ0v) is 11.6. The molecule has 0 aliphatic rings. The zero-order valence-electron chi connectivity index (χ0n) is 10.8. The van der Waals surface area contributed by atoms with Crippen LogP contribution in [0.4, 0.5) is 5.69 Å². The molecule has 1 atom stereocenters. The number of methoxy groups -OCH3 is 2. The van der Waals surface area contributed by atoms with E-state index in [0.29, 0.717) is 0 Å². The van der Waals surface area contributed by atoms with Gasteiger partial charge < -0.3 is 14.8 Å². The minimum absolute atomic E-state index is 0.249. The molecule has 0 saturated carbocycles. The third kappa shape index (κ3) is 2.76. The van der Waals surface area contributed by atoms with Crippen molar-refractivity contribution in [2.75, 3.05) is 19.5 Å². The van der Waals surface area contributed by atoms with Gasteiger partial charge in [-0.25, -0.2) is 0 Å². The maximum atomic E-state index is 5.37. The first kappa shape index (κ1) is 12.8. The third-order valence-electron chi connectivity index (χ3n) is 2.82. The monoisotopic (exact) mass is 263 g/mol. The smallest absolute Gasteiger partial charge is 0.145 e. The van der Waals surface area contributed by atoms with Crippen molar-refractivity contribution in [3.8, 4) is 11.5 Å². The zero-order chi connectivity index (χ0) is 13.0. The van der Waals surface area contributed by atoms with Crippen LogP contribution in [-0.2, 0) is 0 Å². The third-order valence-corrected chi connectivity index (χ3v) is 3.53. The van der Waals surface area contributed by atoms with E-state index in [2.05, 4.69) is 29.1 Å². The predicted molar refractivity (Wildman–Crippen MR) is 75.9 cm³/mol.